The summed E-state index contributed by atoms with van der Waals surface area (Å²) in [6, 6.07) is 22.0. The first kappa shape index (κ1) is 18.3. The van der Waals surface area contributed by atoms with Crippen LogP contribution in [0.25, 0.3) is 34.2 Å². The molecule has 0 spiro atoms. The molecule has 0 N–H and O–H groups in total. The Bertz CT molecular complexity index is 1100. The van der Waals surface area contributed by atoms with Crippen LogP contribution in [0.3, 0.4) is 0 Å². The van der Waals surface area contributed by atoms with Gasteiger partial charge >= 0.3 is 0 Å². The van der Waals surface area contributed by atoms with Gasteiger partial charge in [0.05, 0.1) is 34.2 Å². The van der Waals surface area contributed by atoms with Crippen molar-refractivity contribution in [2.24, 2.45) is 0 Å². The van der Waals surface area contributed by atoms with Gasteiger partial charge in [-0.2, -0.15) is 0 Å². The molecule has 4 heterocycles. The van der Waals surface area contributed by atoms with Crippen LogP contribution in [0.2, 0.25) is 0 Å². The summed E-state index contributed by atoms with van der Waals surface area (Å²) in [5.74, 6) is 0.992. The number of hydrogen-bond acceptors (Lipinski definition) is 5. The van der Waals surface area contributed by atoms with Crippen molar-refractivity contribution in [1.82, 2.24) is 19.9 Å². The highest BCUT2D eigenvalue weighted by Crippen LogP contribution is 2.29. The second kappa shape index (κ2) is 8.31. The molecule has 4 nitrogen and oxygen atoms in total. The van der Waals surface area contributed by atoms with Crippen LogP contribution in [0, 0.1) is 6.92 Å². The maximum atomic E-state index is 4.87. The van der Waals surface area contributed by atoms with Crippen molar-refractivity contribution >= 4 is 11.8 Å². The van der Waals surface area contributed by atoms with E-state index in [9.17, 15) is 0 Å². The quantitative estimate of drug-likeness (QED) is 0.414. The topological polar surface area (TPSA) is 51.6 Å². The van der Waals surface area contributed by atoms with Crippen molar-refractivity contribution in [3.8, 4) is 34.2 Å². The first-order valence-corrected chi connectivity index (χ1v) is 10.2. The van der Waals surface area contributed by atoms with E-state index < -0.39 is 0 Å². The van der Waals surface area contributed by atoms with E-state index in [4.69, 9.17) is 9.97 Å². The van der Waals surface area contributed by atoms with Crippen molar-refractivity contribution in [3.05, 3.63) is 78.6 Å². The van der Waals surface area contributed by atoms with Crippen LogP contribution in [0.15, 0.2) is 77.8 Å². The summed E-state index contributed by atoms with van der Waals surface area (Å²) in [6.45, 7) is 4.14. The van der Waals surface area contributed by atoms with Crippen LogP contribution in [-0.2, 0) is 0 Å². The zero-order valence-electron chi connectivity index (χ0n) is 15.8. The van der Waals surface area contributed by atoms with E-state index in [1.807, 2.05) is 61.5 Å². The minimum Gasteiger partial charge on any atom is -0.255 e. The smallest absolute Gasteiger partial charge is 0.0905 e. The molecule has 0 unspecified atom stereocenters. The van der Waals surface area contributed by atoms with Crippen LogP contribution in [0.5, 0.6) is 0 Å². The number of hydrogen-bond donors (Lipinski definition) is 0. The monoisotopic (exact) mass is 384 g/mol. The summed E-state index contributed by atoms with van der Waals surface area (Å²) in [4.78, 5) is 19.9. The molecule has 0 bridgehead atoms. The molecule has 0 amide bonds. The molecule has 0 saturated carbocycles. The molecule has 0 fully saturated rings. The van der Waals surface area contributed by atoms with Gasteiger partial charge < -0.3 is 0 Å². The number of aryl methyl sites for hydroxylation is 1. The van der Waals surface area contributed by atoms with Crippen molar-refractivity contribution in [1.29, 1.82) is 0 Å². The molecule has 0 aliphatic carbocycles. The Morgan fingerprint density at radius 2 is 1.29 bits per heavy atom. The van der Waals surface area contributed by atoms with Crippen LogP contribution in [0.1, 0.15) is 12.6 Å². The zero-order valence-corrected chi connectivity index (χ0v) is 16.6. The fourth-order valence-electron chi connectivity index (χ4n) is 2.94. The lowest BCUT2D eigenvalue weighted by molar-refractivity contribution is 1.15. The van der Waals surface area contributed by atoms with E-state index in [0.29, 0.717) is 0 Å². The summed E-state index contributed by atoms with van der Waals surface area (Å²) in [5.41, 5.74) is 6.07. The van der Waals surface area contributed by atoms with E-state index in [1.54, 1.807) is 18.0 Å². The average Bonchev–Trinajstić information content (AvgIpc) is 2.74. The second-order valence-electron chi connectivity index (χ2n) is 6.29. The molecule has 0 atom stereocenters. The molecule has 4 aromatic rings. The van der Waals surface area contributed by atoms with Gasteiger partial charge in [-0.1, -0.05) is 25.1 Å². The maximum Gasteiger partial charge on any atom is 0.0905 e. The van der Waals surface area contributed by atoms with Crippen molar-refractivity contribution in [2.75, 3.05) is 5.75 Å². The second-order valence-corrected chi connectivity index (χ2v) is 7.63. The number of thioether (sulfide) groups is 1. The van der Waals surface area contributed by atoms with Crippen molar-refractivity contribution < 1.29 is 0 Å². The average molecular weight is 385 g/mol. The highest BCUT2D eigenvalue weighted by atomic mass is 32.2. The normalized spacial score (nSPS) is 10.8. The summed E-state index contributed by atoms with van der Waals surface area (Å²) in [7, 11) is 0. The molecule has 5 heteroatoms. The lowest BCUT2D eigenvalue weighted by Gasteiger charge is -2.09. The third-order valence-electron chi connectivity index (χ3n) is 4.20. The fourth-order valence-corrected chi connectivity index (χ4v) is 3.66. The first-order chi connectivity index (χ1) is 13.7. The SMILES string of the molecule is CCSc1cc(-c2cccc(C)n2)nc(-c2cccc(-c3ccccn3)n2)c1. The molecule has 138 valence electrons. The van der Waals surface area contributed by atoms with Crippen LogP contribution >= 0.6 is 11.8 Å². The lowest BCUT2D eigenvalue weighted by atomic mass is 10.1. The Labute approximate surface area is 169 Å². The van der Waals surface area contributed by atoms with Crippen LogP contribution in [-0.4, -0.2) is 25.7 Å². The molecule has 0 aromatic carbocycles. The van der Waals surface area contributed by atoms with Crippen LogP contribution < -0.4 is 0 Å². The minimum absolute atomic E-state index is 0.829. The number of nitrogens with zero attached hydrogens (tertiary/aromatic N) is 4. The van der Waals surface area contributed by atoms with E-state index in [1.165, 1.54) is 0 Å². The first-order valence-electron chi connectivity index (χ1n) is 9.20. The van der Waals surface area contributed by atoms with Gasteiger partial charge in [-0.15, -0.1) is 11.8 Å². The lowest BCUT2D eigenvalue weighted by Crippen LogP contribution is -1.96. The molecular formula is C23H20N4S. The summed E-state index contributed by atoms with van der Waals surface area (Å²) < 4.78 is 0. The zero-order chi connectivity index (χ0) is 19.3. The Morgan fingerprint density at radius 1 is 0.679 bits per heavy atom. The largest absolute Gasteiger partial charge is 0.255 e. The minimum atomic E-state index is 0.829. The molecule has 28 heavy (non-hydrogen) atoms. The number of aromatic nitrogens is 4. The summed E-state index contributed by atoms with van der Waals surface area (Å²) >= 11 is 1.79. The molecule has 0 saturated heterocycles. The van der Waals surface area contributed by atoms with Gasteiger partial charge in [-0.25, -0.2) is 9.97 Å². The van der Waals surface area contributed by atoms with Gasteiger partial charge in [0.2, 0.25) is 0 Å². The van der Waals surface area contributed by atoms with E-state index in [0.717, 1.165) is 50.5 Å². The molecule has 0 radical (unpaired) electrons. The highest BCUT2D eigenvalue weighted by molar-refractivity contribution is 7.99. The molecule has 0 aliphatic rings. The van der Waals surface area contributed by atoms with Gasteiger partial charge in [-0.3, -0.25) is 9.97 Å². The molecule has 4 aromatic heterocycles. The van der Waals surface area contributed by atoms with Crippen molar-refractivity contribution in [2.45, 2.75) is 18.7 Å². The third-order valence-corrected chi connectivity index (χ3v) is 5.06. The van der Waals surface area contributed by atoms with E-state index in [-0.39, 0.29) is 0 Å². The standard InChI is InChI=1S/C23H20N4S/c1-3-28-17-14-22(20-10-6-8-16(2)25-20)27-23(15-17)21-12-7-11-19(26-21)18-9-4-5-13-24-18/h4-15H,3H2,1-2H3. The Hall–Kier alpha value is -3.05. The van der Waals surface area contributed by atoms with Gasteiger partial charge in [0.25, 0.3) is 0 Å². The van der Waals surface area contributed by atoms with E-state index >= 15 is 0 Å². The Morgan fingerprint density at radius 3 is 1.93 bits per heavy atom. The summed E-state index contributed by atoms with van der Waals surface area (Å²) in [6.07, 6.45) is 1.78. The molecule has 4 rings (SSSR count). The van der Waals surface area contributed by atoms with Gasteiger partial charge in [0.1, 0.15) is 0 Å². The molecular weight excluding hydrogens is 364 g/mol. The highest BCUT2D eigenvalue weighted by Gasteiger charge is 2.11. The van der Waals surface area contributed by atoms with Crippen LogP contribution in [0.4, 0.5) is 0 Å². The molecule has 0 aliphatic heterocycles. The van der Waals surface area contributed by atoms with Gasteiger partial charge in [-0.05, 0) is 61.2 Å². The predicted octanol–water partition coefficient (Wildman–Crippen LogP) is 5.69. The number of rotatable bonds is 5. The third kappa shape index (κ3) is 4.10. The van der Waals surface area contributed by atoms with E-state index in [2.05, 4.69) is 29.0 Å². The van der Waals surface area contributed by atoms with Crippen molar-refractivity contribution in [3.63, 3.8) is 0 Å². The van der Waals surface area contributed by atoms with Gasteiger partial charge in [0, 0.05) is 16.8 Å². The fraction of sp³-hybridized carbons (Fsp3) is 0.130. The van der Waals surface area contributed by atoms with Gasteiger partial charge in [0.15, 0.2) is 0 Å². The Balaban J connectivity index is 1.81. The predicted molar refractivity (Wildman–Crippen MR) is 115 cm³/mol. The summed E-state index contributed by atoms with van der Waals surface area (Å²) in [5, 5.41) is 0. The Kier molecular flexibility index (Phi) is 5.44. The maximum absolute atomic E-state index is 4.87. The number of pyridine rings is 4.